The summed E-state index contributed by atoms with van der Waals surface area (Å²) >= 11 is 8.95. The number of hydrogen-bond acceptors (Lipinski definition) is 7. The molecule has 0 saturated carbocycles. The van der Waals surface area contributed by atoms with Gasteiger partial charge in [0.15, 0.2) is 0 Å². The predicted molar refractivity (Wildman–Crippen MR) is 199 cm³/mol. The van der Waals surface area contributed by atoms with Gasteiger partial charge in [-0.1, -0.05) is 39.8 Å². The van der Waals surface area contributed by atoms with Gasteiger partial charge in [-0.05, 0) is 109 Å². The minimum atomic E-state index is -0.0447. The maximum Gasteiger partial charge on any atom is 0.114 e. The second-order valence-corrected chi connectivity index (χ2v) is 18.9. The summed E-state index contributed by atoms with van der Waals surface area (Å²) in [6.45, 7) is 18.9. The Morgan fingerprint density at radius 3 is 1.64 bits per heavy atom. The Kier molecular flexibility index (Phi) is 5.86. The van der Waals surface area contributed by atoms with Crippen LogP contribution in [0.5, 0.6) is 0 Å². The van der Waals surface area contributed by atoms with Crippen LogP contribution in [0.1, 0.15) is 70.8 Å². The van der Waals surface area contributed by atoms with E-state index in [1.165, 1.54) is 101 Å². The fourth-order valence-corrected chi connectivity index (χ4v) is 13.5. The molecule has 0 aliphatic heterocycles. The van der Waals surface area contributed by atoms with Crippen molar-refractivity contribution in [2.24, 2.45) is 0 Å². The number of benzene rings is 2. The van der Waals surface area contributed by atoms with E-state index in [4.69, 9.17) is 8.75 Å². The first-order valence-electron chi connectivity index (χ1n) is 15.3. The third-order valence-corrected chi connectivity index (χ3v) is 15.3. The summed E-state index contributed by atoms with van der Waals surface area (Å²) in [5, 5.41) is 0. The van der Waals surface area contributed by atoms with Crippen molar-refractivity contribution in [1.82, 2.24) is 8.75 Å². The molecule has 0 N–H and O–H groups in total. The van der Waals surface area contributed by atoms with E-state index >= 15 is 0 Å². The number of rotatable bonds is 3. The first-order chi connectivity index (χ1) is 21.5. The van der Waals surface area contributed by atoms with E-state index in [0.29, 0.717) is 0 Å². The molecule has 2 aromatic carbocycles. The molecule has 2 nitrogen and oxygen atoms in total. The molecule has 7 aromatic rings. The normalized spacial score (nSPS) is 15.5. The van der Waals surface area contributed by atoms with E-state index in [2.05, 4.69) is 104 Å². The van der Waals surface area contributed by atoms with Crippen LogP contribution in [0, 0.1) is 27.7 Å². The zero-order valence-electron chi connectivity index (χ0n) is 26.6. The molecule has 0 saturated heterocycles. The molecule has 0 radical (unpaired) electrons. The zero-order chi connectivity index (χ0) is 31.2. The lowest BCUT2D eigenvalue weighted by Crippen LogP contribution is -2.20. The van der Waals surface area contributed by atoms with Crippen molar-refractivity contribution >= 4 is 68.1 Å². The molecule has 0 unspecified atom stereocenters. The van der Waals surface area contributed by atoms with Crippen molar-refractivity contribution in [1.29, 1.82) is 0 Å². The van der Waals surface area contributed by atoms with Gasteiger partial charge in [0.2, 0.25) is 0 Å². The maximum atomic E-state index is 4.77. The Morgan fingerprint density at radius 2 is 1.04 bits per heavy atom. The van der Waals surface area contributed by atoms with Gasteiger partial charge >= 0.3 is 0 Å². The highest BCUT2D eigenvalue weighted by molar-refractivity contribution is 7.25. The highest BCUT2D eigenvalue weighted by Gasteiger charge is 2.47. The third kappa shape index (κ3) is 3.70. The smallest absolute Gasteiger partial charge is 0.114 e. The first-order valence-corrected chi connectivity index (χ1v) is 19.3. The molecular formula is C38H32N2S5. The van der Waals surface area contributed by atoms with Crippen molar-refractivity contribution in [2.45, 2.75) is 66.2 Å². The summed E-state index contributed by atoms with van der Waals surface area (Å²) in [6.07, 6.45) is 0. The van der Waals surface area contributed by atoms with Crippen LogP contribution in [0.4, 0.5) is 0 Å². The van der Waals surface area contributed by atoms with Gasteiger partial charge in [0.05, 0.1) is 11.7 Å². The van der Waals surface area contributed by atoms with Crippen molar-refractivity contribution < 1.29 is 0 Å². The summed E-state index contributed by atoms with van der Waals surface area (Å²) in [5.74, 6) is 0. The number of hydrogen-bond donors (Lipinski definition) is 0. The molecule has 0 spiro atoms. The Balaban J connectivity index is 1.16. The quantitative estimate of drug-likeness (QED) is 0.186. The van der Waals surface area contributed by atoms with E-state index in [0.717, 1.165) is 11.0 Å². The molecule has 0 atom stereocenters. The van der Waals surface area contributed by atoms with Crippen molar-refractivity contribution in [3.63, 3.8) is 0 Å². The fraction of sp³-hybridized carbons (Fsp3) is 0.263. The Hall–Kier alpha value is -2.94. The lowest BCUT2D eigenvalue weighted by atomic mass is 9.74. The van der Waals surface area contributed by atoms with Crippen molar-refractivity contribution in [3.05, 3.63) is 91.7 Å². The Labute approximate surface area is 284 Å². The van der Waals surface area contributed by atoms with Gasteiger partial charge in [-0.15, -0.1) is 45.3 Å². The highest BCUT2D eigenvalue weighted by atomic mass is 32.1. The van der Waals surface area contributed by atoms with Gasteiger partial charge in [-0.2, -0.15) is 8.75 Å². The number of fused-ring (bicyclic) bond motifs is 7. The highest BCUT2D eigenvalue weighted by Crippen LogP contribution is 2.63. The van der Waals surface area contributed by atoms with E-state index in [1.54, 1.807) is 5.56 Å². The summed E-state index contributed by atoms with van der Waals surface area (Å²) in [4.78, 5) is 10.9. The molecular weight excluding hydrogens is 645 g/mol. The number of nitrogens with zero attached hydrogens (tertiary/aromatic N) is 2. The van der Waals surface area contributed by atoms with Gasteiger partial charge in [0.1, 0.15) is 11.0 Å². The first kappa shape index (κ1) is 28.3. The Morgan fingerprint density at radius 1 is 0.511 bits per heavy atom. The molecule has 2 aliphatic carbocycles. The Bertz CT molecular complexity index is 2380. The molecule has 7 heteroatoms. The molecule has 45 heavy (non-hydrogen) atoms. The largest absolute Gasteiger partial charge is 0.172 e. The van der Waals surface area contributed by atoms with Crippen molar-refractivity contribution in [3.8, 4) is 51.5 Å². The number of thiophene rings is 4. The van der Waals surface area contributed by atoms with Crippen LogP contribution < -0.4 is 0 Å². The topological polar surface area (TPSA) is 25.8 Å². The molecule has 5 heterocycles. The number of aryl methyl sites for hydroxylation is 2. The fourth-order valence-electron chi connectivity index (χ4n) is 8.18. The molecule has 0 bridgehead atoms. The second-order valence-electron chi connectivity index (χ2n) is 13.6. The van der Waals surface area contributed by atoms with Crippen LogP contribution in [0.2, 0.25) is 0 Å². The maximum absolute atomic E-state index is 4.77. The lowest BCUT2D eigenvalue weighted by molar-refractivity contribution is 0.646. The molecule has 0 fully saturated rings. The van der Waals surface area contributed by atoms with E-state index in [1.807, 2.05) is 45.3 Å². The predicted octanol–water partition coefficient (Wildman–Crippen LogP) is 12.8. The monoisotopic (exact) mass is 676 g/mol. The third-order valence-electron chi connectivity index (χ3n) is 10.2. The van der Waals surface area contributed by atoms with Crippen LogP contribution in [0.3, 0.4) is 0 Å². The van der Waals surface area contributed by atoms with Gasteiger partial charge in [-0.3, -0.25) is 0 Å². The van der Waals surface area contributed by atoms with Gasteiger partial charge in [0.25, 0.3) is 0 Å². The average Bonchev–Trinajstić information content (AvgIpc) is 3.82. The van der Waals surface area contributed by atoms with Gasteiger partial charge in [0, 0.05) is 61.0 Å². The van der Waals surface area contributed by atoms with E-state index in [9.17, 15) is 0 Å². The average molecular weight is 677 g/mol. The van der Waals surface area contributed by atoms with Crippen LogP contribution in [0.25, 0.3) is 62.6 Å². The van der Waals surface area contributed by atoms with Gasteiger partial charge in [-0.25, -0.2) is 0 Å². The van der Waals surface area contributed by atoms with Crippen molar-refractivity contribution in [2.75, 3.05) is 0 Å². The molecule has 9 rings (SSSR count). The molecule has 224 valence electrons. The summed E-state index contributed by atoms with van der Waals surface area (Å²) in [5.41, 5.74) is 16.4. The zero-order valence-corrected chi connectivity index (χ0v) is 30.6. The molecule has 2 aliphatic rings. The lowest BCUT2D eigenvalue weighted by Gasteiger charge is -2.29. The van der Waals surface area contributed by atoms with E-state index < -0.39 is 0 Å². The summed E-state index contributed by atoms with van der Waals surface area (Å²) in [6, 6.07) is 18.4. The van der Waals surface area contributed by atoms with Crippen LogP contribution in [-0.2, 0) is 10.8 Å². The van der Waals surface area contributed by atoms with Gasteiger partial charge < -0.3 is 0 Å². The van der Waals surface area contributed by atoms with E-state index in [-0.39, 0.29) is 10.8 Å². The van der Waals surface area contributed by atoms with Crippen LogP contribution in [-0.4, -0.2) is 8.75 Å². The molecule has 5 aromatic heterocycles. The second kappa shape index (κ2) is 9.33. The standard InChI is InChI=1S/C38H32N2S5/c1-17-9-12-25(41-17)21-10-11-22(34-33(21)39-45-40-34)26-13-14-27(43-26)28-16-24-36(44-28)30-20(4)31-29(19(3)32(30)38(24,7)8)35-23(37(31,5)6)15-18(2)42-35/h9-16H,1-8H3. The number of aromatic nitrogens is 2. The minimum Gasteiger partial charge on any atom is -0.172 e. The van der Waals surface area contributed by atoms with Crippen LogP contribution in [0.15, 0.2) is 48.5 Å². The summed E-state index contributed by atoms with van der Waals surface area (Å²) in [7, 11) is 0. The van der Waals surface area contributed by atoms with Crippen LogP contribution >= 0.6 is 57.1 Å². The summed E-state index contributed by atoms with van der Waals surface area (Å²) < 4.78 is 9.51. The molecule has 0 amide bonds. The minimum absolute atomic E-state index is 0.0166. The SMILES string of the molecule is Cc1ccc(-c2ccc(-c3ccc(-c4cc5c(s4)-c4c(C)c6c(c(C)c4C5(C)C)-c4sc(C)cc4C6(C)C)s3)c3nsnc23)s1.